The molecule has 0 aliphatic heterocycles. The molecule has 1 unspecified atom stereocenters. The van der Waals surface area contributed by atoms with Gasteiger partial charge in [0, 0.05) is 11.6 Å². The fourth-order valence-corrected chi connectivity index (χ4v) is 4.35. The molecular weight excluding hydrogens is 256 g/mol. The molecule has 0 aromatic carbocycles. The molecule has 1 saturated carbocycles. The van der Waals surface area contributed by atoms with Crippen molar-refractivity contribution in [1.82, 2.24) is 9.97 Å². The molecule has 3 rings (SSSR count). The number of nitrogens with one attached hydrogen (secondary N) is 1. The summed E-state index contributed by atoms with van der Waals surface area (Å²) in [6.07, 6.45) is 10.5. The van der Waals surface area contributed by atoms with Gasteiger partial charge in [-0.25, -0.2) is 4.98 Å². The van der Waals surface area contributed by atoms with Crippen LogP contribution in [0.4, 0.5) is 0 Å². The van der Waals surface area contributed by atoms with Gasteiger partial charge in [0.1, 0.15) is 5.82 Å². The highest BCUT2D eigenvalue weighted by molar-refractivity contribution is 5.20. The lowest BCUT2D eigenvalue weighted by molar-refractivity contribution is 0.167. The summed E-state index contributed by atoms with van der Waals surface area (Å²) in [6.45, 7) is 9.51. The standard InChI is InChI=1S/C19H32N2/c1-5-13-6-11-16-17(12-13)21-18(20-16)14-7-9-15(10-8-14)19(2,3)4/h13-15H,5-12H2,1-4H3,(H,20,21). The summed E-state index contributed by atoms with van der Waals surface area (Å²) in [5, 5.41) is 0. The van der Waals surface area contributed by atoms with Crippen LogP contribution < -0.4 is 0 Å². The number of fused-ring (bicyclic) bond motifs is 1. The highest BCUT2D eigenvalue weighted by Crippen LogP contribution is 2.43. The van der Waals surface area contributed by atoms with E-state index in [-0.39, 0.29) is 0 Å². The second-order valence-corrected chi connectivity index (χ2v) is 8.48. The van der Waals surface area contributed by atoms with Crippen LogP contribution in [0, 0.1) is 17.3 Å². The van der Waals surface area contributed by atoms with Crippen molar-refractivity contribution in [3.63, 3.8) is 0 Å². The van der Waals surface area contributed by atoms with Gasteiger partial charge in [0.2, 0.25) is 0 Å². The molecule has 1 atom stereocenters. The minimum atomic E-state index is 0.474. The fraction of sp³-hybridized carbons (Fsp3) is 0.842. The summed E-state index contributed by atoms with van der Waals surface area (Å²) in [6, 6.07) is 0. The molecule has 0 saturated heterocycles. The lowest BCUT2D eigenvalue weighted by Gasteiger charge is -2.36. The maximum Gasteiger partial charge on any atom is 0.109 e. The van der Waals surface area contributed by atoms with Crippen molar-refractivity contribution in [3.05, 3.63) is 17.2 Å². The Balaban J connectivity index is 1.66. The Labute approximate surface area is 130 Å². The van der Waals surface area contributed by atoms with Crippen LogP contribution in [-0.4, -0.2) is 9.97 Å². The summed E-state index contributed by atoms with van der Waals surface area (Å²) >= 11 is 0. The molecule has 0 bridgehead atoms. The molecule has 2 heteroatoms. The third-order valence-corrected chi connectivity index (χ3v) is 6.08. The van der Waals surface area contributed by atoms with Gasteiger partial charge in [0.15, 0.2) is 0 Å². The van der Waals surface area contributed by atoms with Gasteiger partial charge in [-0.2, -0.15) is 0 Å². The van der Waals surface area contributed by atoms with Crippen molar-refractivity contribution >= 4 is 0 Å². The third kappa shape index (κ3) is 3.19. The third-order valence-electron chi connectivity index (χ3n) is 6.08. The zero-order valence-corrected chi connectivity index (χ0v) is 14.3. The van der Waals surface area contributed by atoms with Crippen molar-refractivity contribution < 1.29 is 0 Å². The molecular formula is C19H32N2. The Morgan fingerprint density at radius 1 is 1.10 bits per heavy atom. The number of hydrogen-bond donors (Lipinski definition) is 1. The summed E-state index contributed by atoms with van der Waals surface area (Å²) in [5.74, 6) is 3.77. The minimum Gasteiger partial charge on any atom is -0.345 e. The molecule has 1 N–H and O–H groups in total. The number of H-pyrrole nitrogens is 1. The molecule has 1 aromatic heterocycles. The van der Waals surface area contributed by atoms with E-state index in [0.29, 0.717) is 11.3 Å². The van der Waals surface area contributed by atoms with E-state index in [2.05, 4.69) is 32.7 Å². The van der Waals surface area contributed by atoms with E-state index in [1.54, 1.807) is 0 Å². The van der Waals surface area contributed by atoms with Crippen LogP contribution in [0.3, 0.4) is 0 Å². The van der Waals surface area contributed by atoms with Crippen LogP contribution >= 0.6 is 0 Å². The lowest BCUT2D eigenvalue weighted by atomic mass is 9.70. The molecule has 1 aromatic rings. The van der Waals surface area contributed by atoms with E-state index in [0.717, 1.165) is 11.8 Å². The van der Waals surface area contributed by atoms with E-state index >= 15 is 0 Å². The average molecular weight is 288 g/mol. The predicted octanol–water partition coefficient (Wildman–Crippen LogP) is 5.24. The van der Waals surface area contributed by atoms with Crippen LogP contribution in [-0.2, 0) is 12.8 Å². The van der Waals surface area contributed by atoms with E-state index in [4.69, 9.17) is 4.98 Å². The first-order chi connectivity index (χ1) is 9.97. The Bertz CT molecular complexity index is 472. The van der Waals surface area contributed by atoms with Gasteiger partial charge in [-0.15, -0.1) is 0 Å². The van der Waals surface area contributed by atoms with Crippen LogP contribution in [0.2, 0.25) is 0 Å². The summed E-state index contributed by atoms with van der Waals surface area (Å²) < 4.78 is 0. The SMILES string of the molecule is CCC1CCc2nc(C3CCC(C(C)(C)C)CC3)[nH]c2C1. The fourth-order valence-electron chi connectivity index (χ4n) is 4.35. The number of aromatic nitrogens is 2. The van der Waals surface area contributed by atoms with Gasteiger partial charge >= 0.3 is 0 Å². The van der Waals surface area contributed by atoms with E-state index < -0.39 is 0 Å². The Morgan fingerprint density at radius 2 is 1.81 bits per heavy atom. The maximum atomic E-state index is 4.97. The molecule has 0 spiro atoms. The first-order valence-electron chi connectivity index (χ1n) is 9.05. The van der Waals surface area contributed by atoms with Gasteiger partial charge in [0.05, 0.1) is 5.69 Å². The Hall–Kier alpha value is -0.790. The highest BCUT2D eigenvalue weighted by atomic mass is 14.9. The number of nitrogens with zero attached hydrogens (tertiary/aromatic N) is 1. The smallest absolute Gasteiger partial charge is 0.109 e. The Morgan fingerprint density at radius 3 is 2.43 bits per heavy atom. The van der Waals surface area contributed by atoms with Crippen molar-refractivity contribution in [2.24, 2.45) is 17.3 Å². The van der Waals surface area contributed by atoms with Crippen LogP contribution in [0.5, 0.6) is 0 Å². The second-order valence-electron chi connectivity index (χ2n) is 8.48. The predicted molar refractivity (Wildman–Crippen MR) is 88.5 cm³/mol. The zero-order valence-electron chi connectivity index (χ0n) is 14.3. The van der Waals surface area contributed by atoms with Crippen LogP contribution in [0.1, 0.15) is 89.4 Å². The molecule has 0 radical (unpaired) electrons. The van der Waals surface area contributed by atoms with Gasteiger partial charge in [-0.1, -0.05) is 34.1 Å². The van der Waals surface area contributed by atoms with Crippen molar-refractivity contribution in [1.29, 1.82) is 0 Å². The monoisotopic (exact) mass is 288 g/mol. The highest BCUT2D eigenvalue weighted by Gasteiger charge is 2.32. The molecule has 1 heterocycles. The van der Waals surface area contributed by atoms with E-state index in [1.165, 1.54) is 68.6 Å². The van der Waals surface area contributed by atoms with Crippen LogP contribution in [0.15, 0.2) is 0 Å². The first-order valence-corrected chi connectivity index (χ1v) is 9.05. The Kier molecular flexibility index (Phi) is 4.16. The van der Waals surface area contributed by atoms with Gasteiger partial charge in [0.25, 0.3) is 0 Å². The molecule has 21 heavy (non-hydrogen) atoms. The van der Waals surface area contributed by atoms with E-state index in [1.807, 2.05) is 0 Å². The summed E-state index contributed by atoms with van der Waals surface area (Å²) in [7, 11) is 0. The van der Waals surface area contributed by atoms with Crippen molar-refractivity contribution in [3.8, 4) is 0 Å². The molecule has 118 valence electrons. The van der Waals surface area contributed by atoms with Crippen molar-refractivity contribution in [2.45, 2.75) is 85.0 Å². The number of hydrogen-bond acceptors (Lipinski definition) is 1. The largest absolute Gasteiger partial charge is 0.345 e. The zero-order chi connectivity index (χ0) is 15.0. The number of rotatable bonds is 2. The minimum absolute atomic E-state index is 0.474. The molecule has 2 aliphatic rings. The number of imidazole rings is 1. The average Bonchev–Trinajstić information content (AvgIpc) is 2.89. The topological polar surface area (TPSA) is 28.7 Å². The summed E-state index contributed by atoms with van der Waals surface area (Å²) in [5.41, 5.74) is 3.32. The normalized spacial score (nSPS) is 30.2. The second kappa shape index (κ2) is 5.78. The van der Waals surface area contributed by atoms with Crippen molar-refractivity contribution in [2.75, 3.05) is 0 Å². The van der Waals surface area contributed by atoms with Gasteiger partial charge in [-0.3, -0.25) is 0 Å². The van der Waals surface area contributed by atoms with Crippen LogP contribution in [0.25, 0.3) is 0 Å². The molecule has 2 aliphatic carbocycles. The number of aryl methyl sites for hydroxylation is 1. The molecule has 2 nitrogen and oxygen atoms in total. The maximum absolute atomic E-state index is 4.97. The molecule has 1 fully saturated rings. The van der Waals surface area contributed by atoms with Gasteiger partial charge < -0.3 is 4.98 Å². The number of aromatic amines is 1. The van der Waals surface area contributed by atoms with Gasteiger partial charge in [-0.05, 0) is 62.2 Å². The quantitative estimate of drug-likeness (QED) is 0.791. The lowest BCUT2D eigenvalue weighted by Crippen LogP contribution is -2.25. The first kappa shape index (κ1) is 15.1. The van der Waals surface area contributed by atoms with E-state index in [9.17, 15) is 0 Å². The summed E-state index contributed by atoms with van der Waals surface area (Å²) in [4.78, 5) is 8.68. The molecule has 0 amide bonds.